The molecule has 1 heterocycles. The lowest BCUT2D eigenvalue weighted by atomic mass is 9.84. The van der Waals surface area contributed by atoms with E-state index in [2.05, 4.69) is 49.9 Å². The number of nitrogens with one attached hydrogen (secondary N) is 1. The summed E-state index contributed by atoms with van der Waals surface area (Å²) in [6.07, 6.45) is 5.54. The van der Waals surface area contributed by atoms with Crippen LogP contribution in [0.1, 0.15) is 53.4 Å². The van der Waals surface area contributed by atoms with Crippen LogP contribution in [0, 0.1) is 11.3 Å². The Hall–Kier alpha value is -0.120. The summed E-state index contributed by atoms with van der Waals surface area (Å²) in [5.41, 5.74) is 0.463. The van der Waals surface area contributed by atoms with Gasteiger partial charge in [-0.25, -0.2) is 0 Å². The predicted molar refractivity (Wildman–Crippen MR) is 91.7 cm³/mol. The molecule has 2 rings (SSSR count). The van der Waals surface area contributed by atoms with Crippen molar-refractivity contribution in [2.24, 2.45) is 11.3 Å². The first-order chi connectivity index (χ1) is 9.97. The molecule has 0 bridgehead atoms. The third kappa shape index (κ3) is 4.20. The molecule has 0 aromatic carbocycles. The first kappa shape index (κ1) is 17.2. The van der Waals surface area contributed by atoms with E-state index in [0.717, 1.165) is 18.5 Å². The molecule has 1 aliphatic heterocycles. The number of hydrogen-bond donors (Lipinski definition) is 1. The summed E-state index contributed by atoms with van der Waals surface area (Å²) < 4.78 is 0. The molecule has 3 nitrogen and oxygen atoms in total. The van der Waals surface area contributed by atoms with E-state index in [0.29, 0.717) is 11.5 Å². The molecular weight excluding hydrogens is 258 g/mol. The molecule has 1 saturated carbocycles. The fourth-order valence-corrected chi connectivity index (χ4v) is 4.73. The molecule has 0 aromatic rings. The zero-order valence-corrected chi connectivity index (χ0v) is 15.0. The van der Waals surface area contributed by atoms with Gasteiger partial charge in [-0.2, -0.15) is 0 Å². The van der Waals surface area contributed by atoms with Gasteiger partial charge in [0.15, 0.2) is 0 Å². The highest BCUT2D eigenvalue weighted by Crippen LogP contribution is 2.41. The highest BCUT2D eigenvalue weighted by atomic mass is 15.2. The molecular formula is C18H37N3. The van der Waals surface area contributed by atoms with E-state index in [9.17, 15) is 0 Å². The van der Waals surface area contributed by atoms with Gasteiger partial charge in [0.1, 0.15) is 0 Å². The molecule has 1 saturated heterocycles. The first-order valence-electron chi connectivity index (χ1n) is 9.14. The summed E-state index contributed by atoms with van der Waals surface area (Å²) in [6, 6.07) is 1.49. The van der Waals surface area contributed by atoms with Gasteiger partial charge in [-0.1, -0.05) is 27.7 Å². The summed E-state index contributed by atoms with van der Waals surface area (Å²) >= 11 is 0. The molecule has 0 amide bonds. The van der Waals surface area contributed by atoms with Crippen LogP contribution in [-0.4, -0.2) is 61.7 Å². The third-order valence-electron chi connectivity index (χ3n) is 5.87. The van der Waals surface area contributed by atoms with E-state index < -0.39 is 0 Å². The quantitative estimate of drug-likeness (QED) is 0.779. The summed E-state index contributed by atoms with van der Waals surface area (Å²) in [4.78, 5) is 5.27. The molecule has 0 spiro atoms. The van der Waals surface area contributed by atoms with Crippen molar-refractivity contribution < 1.29 is 0 Å². The molecule has 3 unspecified atom stereocenters. The van der Waals surface area contributed by atoms with Crippen LogP contribution < -0.4 is 5.32 Å². The standard InChI is InChI=1S/C18H37N3/c1-6-19-17-15(10-11-18(17,3)4)13-20(5)14-16-9-8-12-21(16)7-2/h15-17,19H,6-14H2,1-5H3. The minimum absolute atomic E-state index is 0.463. The fraction of sp³-hybridized carbons (Fsp3) is 1.00. The molecule has 3 heteroatoms. The molecule has 3 atom stereocenters. The molecule has 124 valence electrons. The maximum atomic E-state index is 3.77. The van der Waals surface area contributed by atoms with Crippen molar-refractivity contribution in [3.8, 4) is 0 Å². The zero-order chi connectivity index (χ0) is 15.5. The van der Waals surface area contributed by atoms with Crippen LogP contribution in [-0.2, 0) is 0 Å². The molecule has 0 aromatic heterocycles. The summed E-state index contributed by atoms with van der Waals surface area (Å²) in [5.74, 6) is 0.821. The average molecular weight is 296 g/mol. The number of rotatable bonds is 7. The lowest BCUT2D eigenvalue weighted by molar-refractivity contribution is 0.164. The fourth-order valence-electron chi connectivity index (χ4n) is 4.73. The topological polar surface area (TPSA) is 18.5 Å². The molecule has 2 aliphatic rings. The van der Waals surface area contributed by atoms with Crippen LogP contribution in [0.4, 0.5) is 0 Å². The normalized spacial score (nSPS) is 33.1. The Kier molecular flexibility index (Phi) is 6.10. The van der Waals surface area contributed by atoms with Gasteiger partial charge in [-0.05, 0) is 63.7 Å². The summed E-state index contributed by atoms with van der Waals surface area (Å²) in [6.45, 7) is 15.6. The van der Waals surface area contributed by atoms with E-state index in [1.165, 1.54) is 51.9 Å². The van der Waals surface area contributed by atoms with Crippen LogP contribution in [0.3, 0.4) is 0 Å². The second-order valence-electron chi connectivity index (χ2n) is 7.97. The molecule has 1 aliphatic carbocycles. The van der Waals surface area contributed by atoms with Crippen LogP contribution in [0.15, 0.2) is 0 Å². The Balaban J connectivity index is 1.85. The largest absolute Gasteiger partial charge is 0.313 e. The highest BCUT2D eigenvalue weighted by molar-refractivity contribution is 4.97. The zero-order valence-electron chi connectivity index (χ0n) is 15.0. The van der Waals surface area contributed by atoms with Gasteiger partial charge in [0, 0.05) is 25.2 Å². The minimum Gasteiger partial charge on any atom is -0.313 e. The maximum Gasteiger partial charge on any atom is 0.0223 e. The van der Waals surface area contributed by atoms with E-state index in [1.807, 2.05) is 0 Å². The smallest absolute Gasteiger partial charge is 0.0223 e. The number of hydrogen-bond acceptors (Lipinski definition) is 3. The first-order valence-corrected chi connectivity index (χ1v) is 9.14. The van der Waals surface area contributed by atoms with E-state index in [1.54, 1.807) is 0 Å². The lowest BCUT2D eigenvalue weighted by Crippen LogP contribution is -2.47. The lowest BCUT2D eigenvalue weighted by Gasteiger charge is -2.34. The molecule has 1 N–H and O–H groups in total. The highest BCUT2D eigenvalue weighted by Gasteiger charge is 2.41. The van der Waals surface area contributed by atoms with Crippen molar-refractivity contribution in [1.29, 1.82) is 0 Å². The summed E-state index contributed by atoms with van der Waals surface area (Å²) in [7, 11) is 2.33. The van der Waals surface area contributed by atoms with Crippen molar-refractivity contribution in [1.82, 2.24) is 15.1 Å². The average Bonchev–Trinajstić information content (AvgIpc) is 2.97. The second kappa shape index (κ2) is 7.43. The molecule has 2 fully saturated rings. The Bertz CT molecular complexity index is 316. The van der Waals surface area contributed by atoms with Crippen LogP contribution >= 0.6 is 0 Å². The van der Waals surface area contributed by atoms with Crippen molar-refractivity contribution >= 4 is 0 Å². The minimum atomic E-state index is 0.463. The number of likely N-dealkylation sites (N-methyl/N-ethyl adjacent to an activating group) is 2. The van der Waals surface area contributed by atoms with Gasteiger partial charge in [-0.15, -0.1) is 0 Å². The Morgan fingerprint density at radius 1 is 1.19 bits per heavy atom. The molecule has 0 radical (unpaired) electrons. The van der Waals surface area contributed by atoms with Gasteiger partial charge < -0.3 is 10.2 Å². The van der Waals surface area contributed by atoms with Crippen LogP contribution in [0.2, 0.25) is 0 Å². The van der Waals surface area contributed by atoms with Gasteiger partial charge in [0.25, 0.3) is 0 Å². The second-order valence-corrected chi connectivity index (χ2v) is 7.97. The van der Waals surface area contributed by atoms with Crippen molar-refractivity contribution in [2.45, 2.75) is 65.5 Å². The number of likely N-dealkylation sites (tertiary alicyclic amines) is 1. The van der Waals surface area contributed by atoms with Gasteiger partial charge >= 0.3 is 0 Å². The monoisotopic (exact) mass is 295 g/mol. The van der Waals surface area contributed by atoms with Gasteiger partial charge in [0.05, 0.1) is 0 Å². The van der Waals surface area contributed by atoms with Crippen LogP contribution in [0.5, 0.6) is 0 Å². The van der Waals surface area contributed by atoms with Crippen LogP contribution in [0.25, 0.3) is 0 Å². The maximum absolute atomic E-state index is 3.77. The third-order valence-corrected chi connectivity index (χ3v) is 5.87. The predicted octanol–water partition coefficient (Wildman–Crippen LogP) is 2.82. The van der Waals surface area contributed by atoms with Crippen molar-refractivity contribution in [2.75, 3.05) is 39.8 Å². The Labute approximate surface area is 132 Å². The summed E-state index contributed by atoms with van der Waals surface area (Å²) in [5, 5.41) is 3.77. The van der Waals surface area contributed by atoms with E-state index in [4.69, 9.17) is 0 Å². The Morgan fingerprint density at radius 2 is 1.95 bits per heavy atom. The SMILES string of the molecule is CCNC1C(CN(C)CC2CCCN2CC)CCC1(C)C. The van der Waals surface area contributed by atoms with Crippen molar-refractivity contribution in [3.05, 3.63) is 0 Å². The van der Waals surface area contributed by atoms with Crippen molar-refractivity contribution in [3.63, 3.8) is 0 Å². The van der Waals surface area contributed by atoms with E-state index in [-0.39, 0.29) is 0 Å². The van der Waals surface area contributed by atoms with Gasteiger partial charge in [0.2, 0.25) is 0 Å². The molecule has 21 heavy (non-hydrogen) atoms. The number of nitrogens with zero attached hydrogens (tertiary/aromatic N) is 2. The van der Waals surface area contributed by atoms with E-state index >= 15 is 0 Å². The van der Waals surface area contributed by atoms with Gasteiger partial charge in [-0.3, -0.25) is 4.90 Å². The Morgan fingerprint density at radius 3 is 2.62 bits per heavy atom.